The first-order valence-electron chi connectivity index (χ1n) is 8.59. The SMILES string of the molecule is COc1ccc(COC(=O)c2ccccc2C(=O)c2ccc(C)cc2)cc1. The van der Waals surface area contributed by atoms with Crippen LogP contribution < -0.4 is 4.74 Å². The monoisotopic (exact) mass is 360 g/mol. The van der Waals surface area contributed by atoms with E-state index in [2.05, 4.69) is 0 Å². The van der Waals surface area contributed by atoms with Crippen LogP contribution in [0.1, 0.15) is 37.4 Å². The van der Waals surface area contributed by atoms with Gasteiger partial charge in [0.25, 0.3) is 0 Å². The number of esters is 1. The standard InChI is InChI=1S/C23H20O4/c1-16-7-11-18(12-8-16)22(24)20-5-3-4-6-21(20)23(25)27-15-17-9-13-19(26-2)14-10-17/h3-14H,15H2,1-2H3. The summed E-state index contributed by atoms with van der Waals surface area (Å²) in [7, 11) is 1.59. The summed E-state index contributed by atoms with van der Waals surface area (Å²) in [5.74, 6) is 0.00740. The summed E-state index contributed by atoms with van der Waals surface area (Å²) in [6.07, 6.45) is 0. The van der Waals surface area contributed by atoms with Gasteiger partial charge < -0.3 is 9.47 Å². The van der Waals surface area contributed by atoms with Gasteiger partial charge >= 0.3 is 5.97 Å². The zero-order chi connectivity index (χ0) is 19.2. The second-order valence-corrected chi connectivity index (χ2v) is 6.16. The minimum Gasteiger partial charge on any atom is -0.497 e. The number of benzene rings is 3. The van der Waals surface area contributed by atoms with E-state index in [1.807, 2.05) is 31.2 Å². The average Bonchev–Trinajstić information content (AvgIpc) is 2.72. The number of ether oxygens (including phenoxy) is 2. The molecule has 0 fully saturated rings. The number of ketones is 1. The van der Waals surface area contributed by atoms with Crippen LogP contribution in [0.25, 0.3) is 0 Å². The molecular weight excluding hydrogens is 340 g/mol. The average molecular weight is 360 g/mol. The Hall–Kier alpha value is -3.40. The minimum atomic E-state index is -0.526. The van der Waals surface area contributed by atoms with Gasteiger partial charge in [-0.3, -0.25) is 4.79 Å². The third-order valence-corrected chi connectivity index (χ3v) is 4.23. The first kappa shape index (κ1) is 18.4. The highest BCUT2D eigenvalue weighted by molar-refractivity contribution is 6.14. The molecule has 3 aromatic carbocycles. The third-order valence-electron chi connectivity index (χ3n) is 4.23. The largest absolute Gasteiger partial charge is 0.497 e. The number of carbonyl (C=O) groups is 2. The Morgan fingerprint density at radius 2 is 1.44 bits per heavy atom. The van der Waals surface area contributed by atoms with E-state index in [1.165, 1.54) is 0 Å². The van der Waals surface area contributed by atoms with E-state index >= 15 is 0 Å². The van der Waals surface area contributed by atoms with Gasteiger partial charge in [-0.1, -0.05) is 60.2 Å². The highest BCUT2D eigenvalue weighted by atomic mass is 16.5. The van der Waals surface area contributed by atoms with Crippen LogP contribution >= 0.6 is 0 Å². The van der Waals surface area contributed by atoms with Crippen molar-refractivity contribution in [2.75, 3.05) is 7.11 Å². The van der Waals surface area contributed by atoms with Gasteiger partial charge in [-0.15, -0.1) is 0 Å². The number of methoxy groups -OCH3 is 1. The van der Waals surface area contributed by atoms with Crippen molar-refractivity contribution >= 4 is 11.8 Å². The highest BCUT2D eigenvalue weighted by Gasteiger charge is 2.19. The van der Waals surface area contributed by atoms with Crippen LogP contribution in [-0.2, 0) is 11.3 Å². The fourth-order valence-electron chi connectivity index (χ4n) is 2.67. The molecule has 0 aliphatic carbocycles. The molecule has 0 unspecified atom stereocenters. The van der Waals surface area contributed by atoms with Crippen molar-refractivity contribution in [2.45, 2.75) is 13.5 Å². The van der Waals surface area contributed by atoms with E-state index in [1.54, 1.807) is 55.6 Å². The number of rotatable bonds is 6. The van der Waals surface area contributed by atoms with E-state index in [4.69, 9.17) is 9.47 Å². The van der Waals surface area contributed by atoms with Gasteiger partial charge in [0.15, 0.2) is 5.78 Å². The molecule has 0 N–H and O–H groups in total. The summed E-state index contributed by atoms with van der Waals surface area (Å²) in [6.45, 7) is 2.08. The van der Waals surface area contributed by atoms with Gasteiger partial charge in [0, 0.05) is 11.1 Å². The van der Waals surface area contributed by atoms with Gasteiger partial charge in [0.1, 0.15) is 12.4 Å². The lowest BCUT2D eigenvalue weighted by Crippen LogP contribution is -2.12. The molecule has 0 aliphatic heterocycles. The maximum Gasteiger partial charge on any atom is 0.339 e. The molecule has 4 heteroatoms. The van der Waals surface area contributed by atoms with Crippen LogP contribution in [0.3, 0.4) is 0 Å². The fourth-order valence-corrected chi connectivity index (χ4v) is 2.67. The van der Waals surface area contributed by atoms with E-state index < -0.39 is 5.97 Å². The molecule has 4 nitrogen and oxygen atoms in total. The van der Waals surface area contributed by atoms with Crippen molar-refractivity contribution < 1.29 is 19.1 Å². The van der Waals surface area contributed by atoms with E-state index in [0.29, 0.717) is 11.1 Å². The van der Waals surface area contributed by atoms with Crippen LogP contribution in [0.15, 0.2) is 72.8 Å². The predicted molar refractivity (Wildman–Crippen MR) is 103 cm³/mol. The zero-order valence-corrected chi connectivity index (χ0v) is 15.3. The normalized spacial score (nSPS) is 10.3. The lowest BCUT2D eigenvalue weighted by atomic mass is 9.98. The van der Waals surface area contributed by atoms with Crippen LogP contribution in [0.4, 0.5) is 0 Å². The van der Waals surface area contributed by atoms with Gasteiger partial charge in [0.2, 0.25) is 0 Å². The van der Waals surface area contributed by atoms with E-state index in [0.717, 1.165) is 16.9 Å². The number of hydrogen-bond donors (Lipinski definition) is 0. The summed E-state index contributed by atoms with van der Waals surface area (Å²) < 4.78 is 10.5. The lowest BCUT2D eigenvalue weighted by Gasteiger charge is -2.10. The summed E-state index contributed by atoms with van der Waals surface area (Å²) in [5.41, 5.74) is 3.04. The molecule has 0 heterocycles. The first-order valence-corrected chi connectivity index (χ1v) is 8.59. The third kappa shape index (κ3) is 4.42. The topological polar surface area (TPSA) is 52.6 Å². The molecule has 0 aliphatic rings. The number of aryl methyl sites for hydroxylation is 1. The Morgan fingerprint density at radius 3 is 2.07 bits per heavy atom. The van der Waals surface area contributed by atoms with Crippen molar-refractivity contribution in [3.63, 3.8) is 0 Å². The maximum absolute atomic E-state index is 12.8. The van der Waals surface area contributed by atoms with Crippen molar-refractivity contribution in [1.29, 1.82) is 0 Å². The van der Waals surface area contributed by atoms with Crippen molar-refractivity contribution in [2.24, 2.45) is 0 Å². The molecule has 0 spiro atoms. The molecule has 0 bridgehead atoms. The van der Waals surface area contributed by atoms with Crippen LogP contribution in [0, 0.1) is 6.92 Å². The molecule has 0 amide bonds. The molecule has 136 valence electrons. The Kier molecular flexibility index (Phi) is 5.67. The van der Waals surface area contributed by atoms with Crippen LogP contribution in [-0.4, -0.2) is 18.9 Å². The Bertz CT molecular complexity index is 941. The van der Waals surface area contributed by atoms with Crippen molar-refractivity contribution in [1.82, 2.24) is 0 Å². The second-order valence-electron chi connectivity index (χ2n) is 6.16. The number of hydrogen-bond acceptors (Lipinski definition) is 4. The van der Waals surface area contributed by atoms with Crippen molar-refractivity contribution in [3.05, 3.63) is 101 Å². The molecule has 27 heavy (non-hydrogen) atoms. The molecule has 3 aromatic rings. The van der Waals surface area contributed by atoms with E-state index in [-0.39, 0.29) is 18.0 Å². The van der Waals surface area contributed by atoms with Crippen LogP contribution in [0.5, 0.6) is 5.75 Å². The Morgan fingerprint density at radius 1 is 0.815 bits per heavy atom. The summed E-state index contributed by atoms with van der Waals surface area (Å²) in [6, 6.07) is 21.2. The predicted octanol–water partition coefficient (Wildman–Crippen LogP) is 4.59. The lowest BCUT2D eigenvalue weighted by molar-refractivity contribution is 0.0470. The smallest absolute Gasteiger partial charge is 0.339 e. The summed E-state index contributed by atoms with van der Waals surface area (Å²) >= 11 is 0. The van der Waals surface area contributed by atoms with E-state index in [9.17, 15) is 9.59 Å². The quantitative estimate of drug-likeness (QED) is 0.476. The Balaban J connectivity index is 1.76. The van der Waals surface area contributed by atoms with Gasteiger partial charge in [-0.05, 0) is 30.7 Å². The van der Waals surface area contributed by atoms with Gasteiger partial charge in [-0.25, -0.2) is 4.79 Å². The second kappa shape index (κ2) is 8.32. The molecule has 0 saturated carbocycles. The number of carbonyl (C=O) groups excluding carboxylic acids is 2. The molecule has 0 radical (unpaired) electrons. The Labute approximate surface area is 158 Å². The fraction of sp³-hybridized carbons (Fsp3) is 0.130. The zero-order valence-electron chi connectivity index (χ0n) is 15.3. The molecule has 3 rings (SSSR count). The highest BCUT2D eigenvalue weighted by Crippen LogP contribution is 2.18. The van der Waals surface area contributed by atoms with Crippen molar-refractivity contribution in [3.8, 4) is 5.75 Å². The molecule has 0 aromatic heterocycles. The van der Waals surface area contributed by atoms with Crippen LogP contribution in [0.2, 0.25) is 0 Å². The maximum atomic E-state index is 12.8. The molecule has 0 saturated heterocycles. The first-order chi connectivity index (χ1) is 13.1. The summed E-state index contributed by atoms with van der Waals surface area (Å²) in [5, 5.41) is 0. The summed E-state index contributed by atoms with van der Waals surface area (Å²) in [4.78, 5) is 25.4. The molecule has 0 atom stereocenters. The minimum absolute atomic E-state index is 0.121. The van der Waals surface area contributed by atoms with Gasteiger partial charge in [-0.2, -0.15) is 0 Å². The molecular formula is C23H20O4. The van der Waals surface area contributed by atoms with Gasteiger partial charge in [0.05, 0.1) is 12.7 Å².